The average Bonchev–Trinajstić information content (AvgIpc) is 3.88. The fraction of sp³-hybridized carbons (Fsp3) is 0.366. The molecule has 0 saturated heterocycles. The lowest BCUT2D eigenvalue weighted by Gasteiger charge is -2.29. The van der Waals surface area contributed by atoms with Crippen molar-refractivity contribution in [2.75, 3.05) is 18.5 Å². The average molecular weight is 757 g/mol. The van der Waals surface area contributed by atoms with E-state index in [-0.39, 0.29) is 47.3 Å². The number of ketones is 1. The van der Waals surface area contributed by atoms with Gasteiger partial charge in [0.2, 0.25) is 10.0 Å². The summed E-state index contributed by atoms with van der Waals surface area (Å²) in [6.07, 6.45) is 6.25. The van der Waals surface area contributed by atoms with Crippen LogP contribution in [0.25, 0.3) is 0 Å². The first-order chi connectivity index (χ1) is 25.5. The number of hydrogen-bond acceptors (Lipinski definition) is 8. The van der Waals surface area contributed by atoms with Gasteiger partial charge in [-0.3, -0.25) is 14.4 Å². The second-order valence-electron chi connectivity index (χ2n) is 13.6. The van der Waals surface area contributed by atoms with Crippen LogP contribution in [0, 0.1) is 0 Å². The maximum absolute atomic E-state index is 14.0. The molecule has 53 heavy (non-hydrogen) atoms. The molecule has 6 rings (SSSR count). The van der Waals surface area contributed by atoms with Gasteiger partial charge in [-0.1, -0.05) is 43.3 Å². The first-order valence-corrected chi connectivity index (χ1v) is 20.4. The van der Waals surface area contributed by atoms with E-state index in [1.165, 1.54) is 27.8 Å². The van der Waals surface area contributed by atoms with Crippen LogP contribution in [0.1, 0.15) is 103 Å². The van der Waals surface area contributed by atoms with Crippen molar-refractivity contribution in [3.63, 3.8) is 0 Å². The molecule has 0 radical (unpaired) electrons. The van der Waals surface area contributed by atoms with Gasteiger partial charge in [0.15, 0.2) is 5.78 Å². The van der Waals surface area contributed by atoms with Crippen molar-refractivity contribution < 1.29 is 37.4 Å². The normalized spacial score (nSPS) is 14.7. The largest absolute Gasteiger partial charge is 0.478 e. The molecular weight excluding hydrogens is 713 g/mol. The number of esters is 1. The lowest BCUT2D eigenvalue weighted by Crippen LogP contribution is -2.48. The predicted molar refractivity (Wildman–Crippen MR) is 203 cm³/mol. The van der Waals surface area contributed by atoms with E-state index in [0.717, 1.165) is 60.1 Å². The summed E-state index contributed by atoms with van der Waals surface area (Å²) in [5.41, 5.74) is 3.48. The van der Waals surface area contributed by atoms with E-state index >= 15 is 0 Å². The Morgan fingerprint density at radius 3 is 2.17 bits per heavy atom. The third-order valence-corrected chi connectivity index (χ3v) is 13.2. The summed E-state index contributed by atoms with van der Waals surface area (Å²) in [7, 11) is -4.14. The topological polar surface area (TPSA) is 147 Å². The van der Waals surface area contributed by atoms with Crippen molar-refractivity contribution in [3.05, 3.63) is 116 Å². The zero-order valence-electron chi connectivity index (χ0n) is 30.0. The van der Waals surface area contributed by atoms with Gasteiger partial charge in [0.25, 0.3) is 5.91 Å². The Hall–Kier alpha value is -4.65. The van der Waals surface area contributed by atoms with E-state index in [9.17, 15) is 27.6 Å². The number of sulfonamides is 1. The van der Waals surface area contributed by atoms with Gasteiger partial charge >= 0.3 is 11.9 Å². The molecule has 0 atom stereocenters. The van der Waals surface area contributed by atoms with E-state index in [2.05, 4.69) is 5.32 Å². The molecule has 0 spiro atoms. The number of rotatable bonds is 16. The van der Waals surface area contributed by atoms with E-state index in [1.54, 1.807) is 31.2 Å². The predicted octanol–water partition coefficient (Wildman–Crippen LogP) is 7.28. The molecule has 278 valence electrons. The molecule has 2 aliphatic rings. The Labute approximate surface area is 314 Å². The van der Waals surface area contributed by atoms with E-state index < -0.39 is 27.5 Å². The van der Waals surface area contributed by atoms with Gasteiger partial charge in [-0.25, -0.2) is 13.2 Å². The fourth-order valence-electron chi connectivity index (χ4n) is 6.97. The number of anilines is 1. The highest BCUT2D eigenvalue weighted by Gasteiger charge is 2.60. The Morgan fingerprint density at radius 1 is 0.887 bits per heavy atom. The van der Waals surface area contributed by atoms with Gasteiger partial charge in [-0.15, -0.1) is 11.3 Å². The molecule has 10 nitrogen and oxygen atoms in total. The summed E-state index contributed by atoms with van der Waals surface area (Å²) in [5, 5.41) is 12.2. The molecule has 0 aliphatic heterocycles. The number of carboxylic acid groups (broad SMARTS) is 1. The second kappa shape index (κ2) is 16.2. The zero-order chi connectivity index (χ0) is 37.8. The molecule has 1 fully saturated rings. The number of aryl methyl sites for hydroxylation is 3. The van der Waals surface area contributed by atoms with Gasteiger partial charge < -0.3 is 15.2 Å². The highest BCUT2D eigenvalue weighted by molar-refractivity contribution is 7.89. The number of benzene rings is 3. The second-order valence-corrected chi connectivity index (χ2v) is 16.7. The minimum Gasteiger partial charge on any atom is -0.478 e. The van der Waals surface area contributed by atoms with Gasteiger partial charge in [0.1, 0.15) is 5.54 Å². The van der Waals surface area contributed by atoms with Crippen molar-refractivity contribution in [3.8, 4) is 0 Å². The molecule has 4 aromatic rings. The molecule has 1 heterocycles. The number of ether oxygens (including phenoxy) is 1. The molecule has 0 unspecified atom stereocenters. The number of nitrogens with zero attached hydrogens (tertiary/aromatic N) is 1. The van der Waals surface area contributed by atoms with E-state index in [0.29, 0.717) is 35.4 Å². The summed E-state index contributed by atoms with van der Waals surface area (Å²) in [6.45, 7) is 3.84. The summed E-state index contributed by atoms with van der Waals surface area (Å²) in [5.74, 6) is -2.08. The third-order valence-electron chi connectivity index (χ3n) is 9.93. The standard InChI is InChI=1S/C41H44N2O8S2/c1-3-24-43(41(22-23-41)40(48)51-4-2)53(49,50)32-9-7-8-30(25-32)34(44)26-36-37(33-10-5-6-11-35(33)52-36)38(45)42-31-20-16-28(17-21-31)13-12-27-14-18-29(19-15-27)39(46)47/h7-9,14-21,25H,3-6,10-13,22-24,26H2,1-2H3,(H,42,45)(H,46,47). The Kier molecular flexibility index (Phi) is 11.6. The highest BCUT2D eigenvalue weighted by atomic mass is 32.2. The number of carboxylic acids is 1. The minimum absolute atomic E-state index is 0.0538. The fourth-order valence-corrected chi connectivity index (χ4v) is 10.3. The Balaban J connectivity index is 1.18. The Bertz CT molecular complexity index is 2120. The van der Waals surface area contributed by atoms with Crippen LogP contribution < -0.4 is 5.32 Å². The van der Waals surface area contributed by atoms with Crippen molar-refractivity contribution in [1.82, 2.24) is 4.31 Å². The third kappa shape index (κ3) is 8.30. The molecule has 2 N–H and O–H groups in total. The maximum Gasteiger partial charge on any atom is 0.335 e. The number of amides is 1. The number of fused-ring (bicyclic) bond motifs is 1. The number of hydrogen-bond donors (Lipinski definition) is 2. The molecule has 1 aromatic heterocycles. The lowest BCUT2D eigenvalue weighted by atomic mass is 9.93. The quantitative estimate of drug-likeness (QED) is 0.0896. The number of Topliss-reactive ketones (excluding diaryl/α,β-unsaturated/α-hetero) is 1. The molecule has 12 heteroatoms. The van der Waals surface area contributed by atoms with Crippen LogP contribution in [0.4, 0.5) is 5.69 Å². The highest BCUT2D eigenvalue weighted by Crippen LogP contribution is 2.46. The zero-order valence-corrected chi connectivity index (χ0v) is 31.6. The van der Waals surface area contributed by atoms with Crippen molar-refractivity contribution >= 4 is 50.7 Å². The van der Waals surface area contributed by atoms with Crippen LogP contribution in [0.2, 0.25) is 0 Å². The van der Waals surface area contributed by atoms with Crippen LogP contribution in [0.3, 0.4) is 0 Å². The van der Waals surface area contributed by atoms with Gasteiger partial charge in [-0.2, -0.15) is 4.31 Å². The summed E-state index contributed by atoms with van der Waals surface area (Å²) in [6, 6.07) is 20.4. The first kappa shape index (κ1) is 38.1. The monoisotopic (exact) mass is 756 g/mol. The molecule has 2 aliphatic carbocycles. The number of nitrogens with one attached hydrogen (secondary N) is 1. The van der Waals surface area contributed by atoms with Gasteiger partial charge in [0, 0.05) is 34.0 Å². The number of carbonyl (C=O) groups is 4. The van der Waals surface area contributed by atoms with Crippen molar-refractivity contribution in [2.45, 2.75) is 88.5 Å². The maximum atomic E-state index is 14.0. The SMILES string of the molecule is CCCN(C1(C(=O)OCC)CC1)S(=O)(=O)c1cccc(C(=O)Cc2sc3c(c2C(=O)Nc2ccc(CCc4ccc(C(=O)O)cc4)cc2)CCCC3)c1. The summed E-state index contributed by atoms with van der Waals surface area (Å²) < 4.78 is 34.5. The van der Waals surface area contributed by atoms with E-state index in [4.69, 9.17) is 9.84 Å². The van der Waals surface area contributed by atoms with Crippen molar-refractivity contribution in [1.29, 1.82) is 0 Å². The summed E-state index contributed by atoms with van der Waals surface area (Å²) >= 11 is 1.48. The number of aromatic carboxylic acids is 1. The number of thiophene rings is 1. The van der Waals surface area contributed by atoms with Crippen molar-refractivity contribution in [2.24, 2.45) is 0 Å². The lowest BCUT2D eigenvalue weighted by molar-refractivity contribution is -0.149. The van der Waals surface area contributed by atoms with E-state index in [1.807, 2.05) is 43.3 Å². The molecule has 0 bridgehead atoms. The first-order valence-electron chi connectivity index (χ1n) is 18.2. The van der Waals surface area contributed by atoms with Crippen LogP contribution in [-0.2, 0) is 51.7 Å². The van der Waals surface area contributed by atoms with Gasteiger partial charge in [0.05, 0.1) is 22.6 Å². The molecule has 1 saturated carbocycles. The van der Waals surface area contributed by atoms with Crippen LogP contribution >= 0.6 is 11.3 Å². The minimum atomic E-state index is -4.14. The molecule has 1 amide bonds. The van der Waals surface area contributed by atoms with Gasteiger partial charge in [-0.05, 0) is 118 Å². The smallest absolute Gasteiger partial charge is 0.335 e. The summed E-state index contributed by atoms with van der Waals surface area (Å²) in [4.78, 5) is 53.5. The van der Waals surface area contributed by atoms with Crippen LogP contribution in [0.15, 0.2) is 77.7 Å². The number of carbonyl (C=O) groups excluding carboxylic acids is 3. The molecular formula is C41H44N2O8S2. The molecule has 3 aromatic carbocycles. The van der Waals surface area contributed by atoms with Crippen LogP contribution in [-0.4, -0.2) is 60.1 Å². The Morgan fingerprint density at radius 2 is 1.55 bits per heavy atom. The van der Waals surface area contributed by atoms with Crippen LogP contribution in [0.5, 0.6) is 0 Å².